The summed E-state index contributed by atoms with van der Waals surface area (Å²) < 4.78 is 18.2. The number of nitrogens with zero attached hydrogens (tertiary/aromatic N) is 3. The highest BCUT2D eigenvalue weighted by atomic mass is 32.1. The summed E-state index contributed by atoms with van der Waals surface area (Å²) in [6, 6.07) is 69.0. The molecular formula is C59H34N4O2S. The van der Waals surface area contributed by atoms with Crippen LogP contribution >= 0.6 is 11.3 Å². The zero-order valence-electron chi connectivity index (χ0n) is 35.1. The number of para-hydroxylation sites is 2. The number of rotatable bonds is 4. The van der Waals surface area contributed by atoms with Gasteiger partial charge in [-0.15, -0.1) is 11.3 Å². The largest absolute Gasteiger partial charge is 0.456 e. The molecule has 0 saturated carbocycles. The molecule has 15 rings (SSSR count). The average Bonchev–Trinajstić information content (AvgIpc) is 4.14. The molecule has 1 atom stereocenters. The third-order valence-corrected chi connectivity index (χ3v) is 14.8. The third kappa shape index (κ3) is 5.11. The van der Waals surface area contributed by atoms with Crippen molar-refractivity contribution >= 4 is 130 Å². The van der Waals surface area contributed by atoms with Crippen molar-refractivity contribution in [1.82, 2.24) is 9.88 Å². The smallest absolute Gasteiger partial charge is 0.160 e. The third-order valence-electron chi connectivity index (χ3n) is 13.6. The van der Waals surface area contributed by atoms with Crippen LogP contribution in [0.3, 0.4) is 0 Å². The van der Waals surface area contributed by atoms with Crippen molar-refractivity contribution in [2.75, 3.05) is 0 Å². The van der Waals surface area contributed by atoms with Gasteiger partial charge in [-0.05, 0) is 76.1 Å². The molecule has 0 fully saturated rings. The van der Waals surface area contributed by atoms with Crippen molar-refractivity contribution in [2.45, 2.75) is 6.17 Å². The molecule has 0 radical (unpaired) electrons. The number of hydrogen-bond donors (Lipinski definition) is 1. The number of fused-ring (bicyclic) bond motifs is 15. The molecule has 0 saturated heterocycles. The molecule has 14 aromatic rings. The van der Waals surface area contributed by atoms with E-state index < -0.39 is 6.17 Å². The van der Waals surface area contributed by atoms with Crippen molar-refractivity contribution in [3.05, 3.63) is 211 Å². The molecule has 1 aliphatic heterocycles. The summed E-state index contributed by atoms with van der Waals surface area (Å²) in [5, 5.41) is 17.6. The van der Waals surface area contributed by atoms with Gasteiger partial charge in [-0.1, -0.05) is 133 Å². The van der Waals surface area contributed by atoms with E-state index in [1.54, 1.807) is 11.3 Å². The normalized spacial score (nSPS) is 14.5. The zero-order chi connectivity index (χ0) is 43.0. The molecule has 1 aliphatic rings. The van der Waals surface area contributed by atoms with Crippen molar-refractivity contribution in [3.8, 4) is 5.69 Å². The second-order valence-electron chi connectivity index (χ2n) is 17.3. The number of amidine groups is 2. The number of furan rings is 2. The van der Waals surface area contributed by atoms with Crippen LogP contribution in [0.2, 0.25) is 0 Å². The van der Waals surface area contributed by atoms with Crippen LogP contribution in [0.25, 0.3) is 113 Å². The van der Waals surface area contributed by atoms with Gasteiger partial charge in [0.2, 0.25) is 0 Å². The SMILES string of the molecule is c1ccc2cc3c(cc2c1)c1c2ccccc2ccc1n3-c1cc(C2=NC(c3cccc4sc5ccccc5c34)=NC(c3cccc4oc5ccccc5c34)N2)c2c(c1)oc1ccccc12. The lowest BCUT2D eigenvalue weighted by Crippen LogP contribution is -2.34. The van der Waals surface area contributed by atoms with Gasteiger partial charge in [0.15, 0.2) is 5.84 Å². The Morgan fingerprint density at radius 2 is 1.11 bits per heavy atom. The van der Waals surface area contributed by atoms with Gasteiger partial charge in [0.05, 0.1) is 16.7 Å². The summed E-state index contributed by atoms with van der Waals surface area (Å²) in [4.78, 5) is 11.2. The Morgan fingerprint density at radius 1 is 0.439 bits per heavy atom. The summed E-state index contributed by atoms with van der Waals surface area (Å²) in [5.74, 6) is 1.37. The minimum atomic E-state index is -0.514. The van der Waals surface area contributed by atoms with E-state index >= 15 is 0 Å². The van der Waals surface area contributed by atoms with Crippen molar-refractivity contribution in [2.24, 2.45) is 9.98 Å². The highest BCUT2D eigenvalue weighted by Crippen LogP contribution is 2.43. The quantitative estimate of drug-likeness (QED) is 0.192. The van der Waals surface area contributed by atoms with Crippen LogP contribution in [0.4, 0.5) is 0 Å². The number of nitrogens with one attached hydrogen (secondary N) is 1. The molecule has 5 heterocycles. The molecule has 66 heavy (non-hydrogen) atoms. The van der Waals surface area contributed by atoms with Crippen LogP contribution in [0.15, 0.2) is 213 Å². The van der Waals surface area contributed by atoms with E-state index in [0.29, 0.717) is 11.7 Å². The maximum absolute atomic E-state index is 6.86. The van der Waals surface area contributed by atoms with Crippen molar-refractivity contribution in [1.29, 1.82) is 0 Å². The number of aromatic nitrogens is 1. The number of thiophene rings is 1. The first kappa shape index (κ1) is 35.9. The minimum absolute atomic E-state index is 0.514. The molecule has 308 valence electrons. The van der Waals surface area contributed by atoms with Gasteiger partial charge in [0.25, 0.3) is 0 Å². The second-order valence-corrected chi connectivity index (χ2v) is 18.3. The first-order chi connectivity index (χ1) is 32.7. The van der Waals surface area contributed by atoms with Crippen molar-refractivity contribution < 1.29 is 8.83 Å². The monoisotopic (exact) mass is 862 g/mol. The Hall–Kier alpha value is -8.52. The van der Waals surface area contributed by atoms with E-state index in [2.05, 4.69) is 180 Å². The van der Waals surface area contributed by atoms with Crippen LogP contribution in [0.1, 0.15) is 22.9 Å². The Morgan fingerprint density at radius 3 is 1.95 bits per heavy atom. The van der Waals surface area contributed by atoms with Gasteiger partial charge in [-0.25, -0.2) is 9.98 Å². The maximum atomic E-state index is 6.86. The standard InChI is InChI=1S/C59H34N4O2S/c1-2-15-35-30-46-43(29-34(35)14-1)53-37-16-4-3-13-33(37)27-28-45(53)63(46)36-31-44(55-39-18-6-9-23-48(39)65-50(55)32-36)59-61-57(41-20-11-24-49-54(41)38-17-5-8-22-47(38)64-49)60-58(62-59)42-21-12-26-52-56(42)40-19-7-10-25-51(40)66-52/h1-32,57H,(H,60,61,62). The van der Waals surface area contributed by atoms with Crippen LogP contribution in [0.5, 0.6) is 0 Å². The lowest BCUT2D eigenvalue weighted by molar-refractivity contribution is 0.662. The van der Waals surface area contributed by atoms with Gasteiger partial charge in [0.1, 0.15) is 34.3 Å². The topological polar surface area (TPSA) is 68.0 Å². The fourth-order valence-corrected chi connectivity index (χ4v) is 11.9. The molecule has 0 aliphatic carbocycles. The van der Waals surface area contributed by atoms with Crippen LogP contribution < -0.4 is 5.32 Å². The van der Waals surface area contributed by atoms with E-state index in [-0.39, 0.29) is 0 Å². The Kier molecular flexibility index (Phi) is 7.34. The summed E-state index contributed by atoms with van der Waals surface area (Å²) in [6.07, 6.45) is -0.514. The summed E-state index contributed by atoms with van der Waals surface area (Å²) in [5.41, 5.74) is 9.39. The molecule has 1 unspecified atom stereocenters. The molecule has 6 nitrogen and oxygen atoms in total. The highest BCUT2D eigenvalue weighted by molar-refractivity contribution is 7.25. The molecular weight excluding hydrogens is 829 g/mol. The van der Waals surface area contributed by atoms with Gasteiger partial charge in [0, 0.05) is 75.2 Å². The second kappa shape index (κ2) is 13.5. The Balaban J connectivity index is 1.04. The van der Waals surface area contributed by atoms with E-state index in [1.807, 2.05) is 24.3 Å². The summed E-state index contributed by atoms with van der Waals surface area (Å²) >= 11 is 1.80. The fraction of sp³-hybridized carbons (Fsp3) is 0.0169. The van der Waals surface area contributed by atoms with Crippen LogP contribution in [-0.2, 0) is 0 Å². The number of hydrogen-bond acceptors (Lipinski definition) is 6. The fourth-order valence-electron chi connectivity index (χ4n) is 10.8. The summed E-state index contributed by atoms with van der Waals surface area (Å²) in [6.45, 7) is 0. The van der Waals surface area contributed by atoms with Gasteiger partial charge in [-0.3, -0.25) is 0 Å². The van der Waals surface area contributed by atoms with Crippen molar-refractivity contribution in [3.63, 3.8) is 0 Å². The predicted molar refractivity (Wildman–Crippen MR) is 275 cm³/mol. The Labute approximate surface area is 379 Å². The molecule has 0 spiro atoms. The number of benzene rings is 10. The van der Waals surface area contributed by atoms with Gasteiger partial charge in [-0.2, -0.15) is 0 Å². The molecule has 1 N–H and O–H groups in total. The lowest BCUT2D eigenvalue weighted by atomic mass is 10.00. The summed E-state index contributed by atoms with van der Waals surface area (Å²) in [7, 11) is 0. The van der Waals surface area contributed by atoms with Gasteiger partial charge < -0.3 is 18.7 Å². The molecule has 10 aromatic carbocycles. The maximum Gasteiger partial charge on any atom is 0.160 e. The van der Waals surface area contributed by atoms with E-state index in [9.17, 15) is 0 Å². The van der Waals surface area contributed by atoms with Crippen LogP contribution in [-0.4, -0.2) is 16.2 Å². The average molecular weight is 863 g/mol. The van der Waals surface area contributed by atoms with Crippen LogP contribution in [0, 0.1) is 0 Å². The first-order valence-electron chi connectivity index (χ1n) is 22.2. The molecule has 0 bridgehead atoms. The lowest BCUT2D eigenvalue weighted by Gasteiger charge is -2.25. The zero-order valence-corrected chi connectivity index (χ0v) is 35.9. The highest BCUT2D eigenvalue weighted by Gasteiger charge is 2.29. The number of aliphatic imine (C=N–C) groups is 2. The van der Waals surface area contributed by atoms with Gasteiger partial charge >= 0.3 is 0 Å². The first-order valence-corrected chi connectivity index (χ1v) is 23.1. The molecule has 7 heteroatoms. The van der Waals surface area contributed by atoms with E-state index in [1.165, 1.54) is 47.1 Å². The Bertz CT molecular complexity index is 4470. The molecule has 0 amide bonds. The van der Waals surface area contributed by atoms with E-state index in [0.717, 1.165) is 82.7 Å². The molecule has 4 aromatic heterocycles. The predicted octanol–water partition coefficient (Wildman–Crippen LogP) is 15.8. The van der Waals surface area contributed by atoms with E-state index in [4.69, 9.17) is 18.8 Å². The minimum Gasteiger partial charge on any atom is -0.456 e.